The molecule has 0 bridgehead atoms. The monoisotopic (exact) mass is 349 g/mol. The quantitative estimate of drug-likeness (QED) is 0.741. The van der Waals surface area contributed by atoms with E-state index in [9.17, 15) is 9.59 Å². The van der Waals surface area contributed by atoms with Crippen molar-refractivity contribution in [3.8, 4) is 11.3 Å². The lowest BCUT2D eigenvalue weighted by Gasteiger charge is -2.21. The standard InChI is InChI=1S/C19H19N5O2/c1-2-24(13-16-7-3-4-11-20-16)19(26)21-15-8-5-6-14(12-15)17-9-10-18(25)23-22-17/h3-12H,2,13H2,1H3,(H,21,26)(H,23,25). The molecule has 0 spiro atoms. The predicted octanol–water partition coefficient (Wildman–Crippen LogP) is 2.89. The first-order valence-electron chi connectivity index (χ1n) is 8.27. The van der Waals surface area contributed by atoms with E-state index >= 15 is 0 Å². The van der Waals surface area contributed by atoms with Gasteiger partial charge in [-0.05, 0) is 37.3 Å². The van der Waals surface area contributed by atoms with E-state index in [0.29, 0.717) is 24.5 Å². The Morgan fingerprint density at radius 3 is 2.73 bits per heavy atom. The molecule has 0 atom stereocenters. The first kappa shape index (κ1) is 17.3. The number of amides is 2. The highest BCUT2D eigenvalue weighted by molar-refractivity contribution is 5.90. The topological polar surface area (TPSA) is 91.0 Å². The van der Waals surface area contributed by atoms with Gasteiger partial charge in [-0.25, -0.2) is 9.89 Å². The van der Waals surface area contributed by atoms with Crippen LogP contribution in [0.4, 0.5) is 10.5 Å². The van der Waals surface area contributed by atoms with Gasteiger partial charge in [0.15, 0.2) is 0 Å². The number of benzene rings is 1. The fraction of sp³-hybridized carbons (Fsp3) is 0.158. The second kappa shape index (κ2) is 8.06. The van der Waals surface area contributed by atoms with Gasteiger partial charge in [-0.2, -0.15) is 5.10 Å². The fourth-order valence-corrected chi connectivity index (χ4v) is 2.48. The van der Waals surface area contributed by atoms with Crippen molar-refractivity contribution < 1.29 is 4.79 Å². The molecule has 0 radical (unpaired) electrons. The van der Waals surface area contributed by atoms with Crippen molar-refractivity contribution in [3.63, 3.8) is 0 Å². The Morgan fingerprint density at radius 2 is 2.04 bits per heavy atom. The highest BCUT2D eigenvalue weighted by Gasteiger charge is 2.13. The second-order valence-corrected chi connectivity index (χ2v) is 5.65. The molecule has 132 valence electrons. The molecule has 2 heterocycles. The van der Waals surface area contributed by atoms with Gasteiger partial charge in [-0.1, -0.05) is 18.2 Å². The highest BCUT2D eigenvalue weighted by Crippen LogP contribution is 2.20. The summed E-state index contributed by atoms with van der Waals surface area (Å²) in [6.07, 6.45) is 1.71. The van der Waals surface area contributed by atoms with Crippen LogP contribution in [0.2, 0.25) is 0 Å². The van der Waals surface area contributed by atoms with Gasteiger partial charge >= 0.3 is 6.03 Å². The SMILES string of the molecule is CCN(Cc1ccccn1)C(=O)Nc1cccc(-c2ccc(=O)[nH]n2)c1. The van der Waals surface area contributed by atoms with E-state index in [2.05, 4.69) is 20.5 Å². The summed E-state index contributed by atoms with van der Waals surface area (Å²) in [5.41, 5.74) is 2.65. The van der Waals surface area contributed by atoms with Crippen LogP contribution in [0.1, 0.15) is 12.6 Å². The Kier molecular flexibility index (Phi) is 5.38. The molecular formula is C19H19N5O2. The normalized spacial score (nSPS) is 10.3. The second-order valence-electron chi connectivity index (χ2n) is 5.65. The smallest absolute Gasteiger partial charge is 0.319 e. The van der Waals surface area contributed by atoms with E-state index in [0.717, 1.165) is 11.3 Å². The summed E-state index contributed by atoms with van der Waals surface area (Å²) < 4.78 is 0. The van der Waals surface area contributed by atoms with Crippen molar-refractivity contribution in [3.05, 3.63) is 76.8 Å². The summed E-state index contributed by atoms with van der Waals surface area (Å²) in [5, 5.41) is 9.31. The van der Waals surface area contributed by atoms with Gasteiger partial charge in [0.2, 0.25) is 0 Å². The van der Waals surface area contributed by atoms with Crippen LogP contribution in [-0.4, -0.2) is 32.7 Å². The van der Waals surface area contributed by atoms with Crippen LogP contribution in [0.5, 0.6) is 0 Å². The molecule has 7 heteroatoms. The maximum absolute atomic E-state index is 12.6. The van der Waals surface area contributed by atoms with Crippen molar-refractivity contribution in [2.45, 2.75) is 13.5 Å². The summed E-state index contributed by atoms with van der Waals surface area (Å²) in [6, 6.07) is 15.8. The Balaban J connectivity index is 1.73. The van der Waals surface area contributed by atoms with Crippen LogP contribution in [0, 0.1) is 0 Å². The number of nitrogens with one attached hydrogen (secondary N) is 2. The molecule has 0 aliphatic carbocycles. The zero-order chi connectivity index (χ0) is 18.4. The maximum atomic E-state index is 12.6. The lowest BCUT2D eigenvalue weighted by Crippen LogP contribution is -2.34. The number of carbonyl (C=O) groups is 1. The van der Waals surface area contributed by atoms with Crippen LogP contribution in [0.25, 0.3) is 11.3 Å². The van der Waals surface area contributed by atoms with Crippen LogP contribution >= 0.6 is 0 Å². The Labute approximate surface area is 150 Å². The van der Waals surface area contributed by atoms with Crippen LogP contribution < -0.4 is 10.9 Å². The average Bonchev–Trinajstić information content (AvgIpc) is 2.67. The summed E-state index contributed by atoms with van der Waals surface area (Å²) in [6.45, 7) is 2.91. The molecule has 0 saturated carbocycles. The van der Waals surface area contributed by atoms with E-state index < -0.39 is 0 Å². The number of hydrogen-bond acceptors (Lipinski definition) is 4. The summed E-state index contributed by atoms with van der Waals surface area (Å²) in [7, 11) is 0. The molecule has 26 heavy (non-hydrogen) atoms. The van der Waals surface area contributed by atoms with E-state index in [1.54, 1.807) is 17.2 Å². The third-order valence-corrected chi connectivity index (χ3v) is 3.84. The molecule has 0 saturated heterocycles. The number of H-pyrrole nitrogens is 1. The zero-order valence-electron chi connectivity index (χ0n) is 14.3. The fourth-order valence-electron chi connectivity index (χ4n) is 2.48. The predicted molar refractivity (Wildman–Crippen MR) is 99.6 cm³/mol. The molecule has 2 aromatic heterocycles. The van der Waals surface area contributed by atoms with Crippen LogP contribution in [-0.2, 0) is 6.54 Å². The van der Waals surface area contributed by atoms with Gasteiger partial charge < -0.3 is 10.2 Å². The number of urea groups is 1. The molecule has 7 nitrogen and oxygen atoms in total. The number of carbonyl (C=O) groups excluding carboxylic acids is 1. The molecule has 0 aliphatic heterocycles. The largest absolute Gasteiger partial charge is 0.322 e. The number of aromatic amines is 1. The van der Waals surface area contributed by atoms with Crippen molar-refractivity contribution in [1.82, 2.24) is 20.1 Å². The molecular weight excluding hydrogens is 330 g/mol. The van der Waals surface area contributed by atoms with Gasteiger partial charge in [0.05, 0.1) is 17.9 Å². The van der Waals surface area contributed by atoms with E-state index in [1.165, 1.54) is 6.07 Å². The Morgan fingerprint density at radius 1 is 1.15 bits per heavy atom. The summed E-state index contributed by atoms with van der Waals surface area (Å²) >= 11 is 0. The average molecular weight is 349 g/mol. The maximum Gasteiger partial charge on any atom is 0.322 e. The third-order valence-electron chi connectivity index (χ3n) is 3.84. The Bertz CT molecular complexity index is 919. The third kappa shape index (κ3) is 4.32. The molecule has 2 amide bonds. The number of nitrogens with zero attached hydrogens (tertiary/aromatic N) is 3. The Hall–Kier alpha value is -3.48. The van der Waals surface area contributed by atoms with Gasteiger partial charge in [0, 0.05) is 30.1 Å². The molecule has 0 fully saturated rings. The number of pyridine rings is 1. The van der Waals surface area contributed by atoms with Gasteiger partial charge in [0.1, 0.15) is 0 Å². The van der Waals surface area contributed by atoms with Crippen molar-refractivity contribution >= 4 is 11.7 Å². The number of aromatic nitrogens is 3. The molecule has 1 aromatic carbocycles. The lowest BCUT2D eigenvalue weighted by molar-refractivity contribution is 0.211. The molecule has 3 rings (SSSR count). The zero-order valence-corrected chi connectivity index (χ0v) is 14.3. The molecule has 2 N–H and O–H groups in total. The van der Waals surface area contributed by atoms with E-state index in [4.69, 9.17) is 0 Å². The van der Waals surface area contributed by atoms with E-state index in [1.807, 2.05) is 49.4 Å². The minimum atomic E-state index is -0.258. The van der Waals surface area contributed by atoms with Gasteiger partial charge in [-0.15, -0.1) is 0 Å². The molecule has 0 aliphatic rings. The van der Waals surface area contributed by atoms with Crippen molar-refractivity contribution in [1.29, 1.82) is 0 Å². The first-order chi connectivity index (χ1) is 12.7. The summed E-state index contributed by atoms with van der Waals surface area (Å²) in [5.74, 6) is 0. The minimum absolute atomic E-state index is 0.204. The molecule has 3 aromatic rings. The lowest BCUT2D eigenvalue weighted by atomic mass is 10.1. The first-order valence-corrected chi connectivity index (χ1v) is 8.27. The number of hydrogen-bond donors (Lipinski definition) is 2. The van der Waals surface area contributed by atoms with E-state index in [-0.39, 0.29) is 11.6 Å². The molecule has 0 unspecified atom stereocenters. The van der Waals surface area contributed by atoms with Crippen LogP contribution in [0.15, 0.2) is 65.6 Å². The van der Waals surface area contributed by atoms with Crippen molar-refractivity contribution in [2.75, 3.05) is 11.9 Å². The van der Waals surface area contributed by atoms with Crippen molar-refractivity contribution in [2.24, 2.45) is 0 Å². The van der Waals surface area contributed by atoms with Gasteiger partial charge in [0.25, 0.3) is 5.56 Å². The van der Waals surface area contributed by atoms with Crippen LogP contribution in [0.3, 0.4) is 0 Å². The minimum Gasteiger partial charge on any atom is -0.319 e. The summed E-state index contributed by atoms with van der Waals surface area (Å²) in [4.78, 5) is 29.6. The number of rotatable bonds is 5. The number of anilines is 1. The highest BCUT2D eigenvalue weighted by atomic mass is 16.2. The van der Waals surface area contributed by atoms with Gasteiger partial charge in [-0.3, -0.25) is 9.78 Å².